The van der Waals surface area contributed by atoms with E-state index in [1.165, 1.54) is 24.0 Å². The van der Waals surface area contributed by atoms with Crippen molar-refractivity contribution in [1.82, 2.24) is 5.32 Å². The van der Waals surface area contributed by atoms with Crippen LogP contribution in [-0.4, -0.2) is 26.8 Å². The summed E-state index contributed by atoms with van der Waals surface area (Å²) in [5.41, 5.74) is 2.44. The summed E-state index contributed by atoms with van der Waals surface area (Å²) in [5, 5.41) is 4.22. The molecule has 1 aliphatic rings. The van der Waals surface area contributed by atoms with Crippen LogP contribution in [0.15, 0.2) is 6.07 Å². The number of rotatable bonds is 5. The first-order chi connectivity index (χ1) is 9.21. The first-order valence-electron chi connectivity index (χ1n) is 6.86. The van der Waals surface area contributed by atoms with Gasteiger partial charge >= 0.3 is 0 Å². The molecule has 3 nitrogen and oxygen atoms in total. The Morgan fingerprint density at radius 3 is 2.68 bits per heavy atom. The first-order valence-corrected chi connectivity index (χ1v) is 7.24. The van der Waals surface area contributed by atoms with Gasteiger partial charge in [-0.25, -0.2) is 0 Å². The summed E-state index contributed by atoms with van der Waals surface area (Å²) in [6.07, 6.45) is 4.40. The number of methoxy groups -OCH3 is 2. The Hall–Kier alpha value is -0.930. The van der Waals surface area contributed by atoms with Crippen molar-refractivity contribution in [2.75, 3.05) is 20.8 Å². The van der Waals surface area contributed by atoms with Crippen molar-refractivity contribution in [3.63, 3.8) is 0 Å². The summed E-state index contributed by atoms with van der Waals surface area (Å²) in [4.78, 5) is 0. The predicted molar refractivity (Wildman–Crippen MR) is 78.7 cm³/mol. The van der Waals surface area contributed by atoms with Crippen molar-refractivity contribution in [3.8, 4) is 11.5 Å². The fourth-order valence-corrected chi connectivity index (χ4v) is 3.22. The monoisotopic (exact) mass is 283 g/mol. The second-order valence-electron chi connectivity index (χ2n) is 4.91. The molecule has 0 aromatic heterocycles. The van der Waals surface area contributed by atoms with Crippen LogP contribution in [-0.2, 0) is 12.8 Å². The van der Waals surface area contributed by atoms with Gasteiger partial charge in [0.15, 0.2) is 11.5 Å². The summed E-state index contributed by atoms with van der Waals surface area (Å²) >= 11 is 6.46. The molecule has 1 aliphatic heterocycles. The predicted octanol–water partition coefficient (Wildman–Crippen LogP) is 3.21. The number of ether oxygens (including phenoxy) is 2. The molecule has 0 radical (unpaired) electrons. The molecule has 4 heteroatoms. The number of hydrogen-bond acceptors (Lipinski definition) is 3. The zero-order valence-electron chi connectivity index (χ0n) is 11.9. The number of hydrogen-bond donors (Lipinski definition) is 1. The molecule has 1 aromatic carbocycles. The molecule has 2 rings (SSSR count). The molecule has 0 bridgehead atoms. The van der Waals surface area contributed by atoms with Crippen molar-refractivity contribution in [2.45, 2.75) is 38.6 Å². The minimum absolute atomic E-state index is 0.555. The van der Waals surface area contributed by atoms with Crippen LogP contribution in [0.4, 0.5) is 0 Å². The highest BCUT2D eigenvalue weighted by Gasteiger charge is 2.21. The minimum atomic E-state index is 0.555. The molecule has 0 aliphatic carbocycles. The lowest BCUT2D eigenvalue weighted by atomic mass is 9.97. The van der Waals surface area contributed by atoms with Crippen LogP contribution in [0.25, 0.3) is 0 Å². The molecule has 1 unspecified atom stereocenters. The van der Waals surface area contributed by atoms with Crippen LogP contribution in [0.5, 0.6) is 11.5 Å². The lowest BCUT2D eigenvalue weighted by Gasteiger charge is -2.19. The smallest absolute Gasteiger partial charge is 0.179 e. The van der Waals surface area contributed by atoms with Crippen molar-refractivity contribution < 1.29 is 9.47 Å². The molecule has 0 spiro atoms. The summed E-state index contributed by atoms with van der Waals surface area (Å²) in [6, 6.07) is 2.63. The number of nitrogens with one attached hydrogen (secondary N) is 1. The fourth-order valence-electron chi connectivity index (χ4n) is 2.80. The zero-order valence-corrected chi connectivity index (χ0v) is 12.6. The van der Waals surface area contributed by atoms with E-state index in [-0.39, 0.29) is 0 Å². The van der Waals surface area contributed by atoms with Crippen LogP contribution in [0.1, 0.15) is 30.9 Å². The Kier molecular flexibility index (Phi) is 4.94. The molecule has 19 heavy (non-hydrogen) atoms. The third kappa shape index (κ3) is 2.98. The summed E-state index contributed by atoms with van der Waals surface area (Å²) < 4.78 is 10.8. The van der Waals surface area contributed by atoms with E-state index in [0.29, 0.717) is 16.8 Å². The highest BCUT2D eigenvalue weighted by atomic mass is 35.5. The van der Waals surface area contributed by atoms with E-state index in [1.807, 2.05) is 0 Å². The van der Waals surface area contributed by atoms with Crippen molar-refractivity contribution >= 4 is 11.6 Å². The van der Waals surface area contributed by atoms with E-state index in [0.717, 1.165) is 25.1 Å². The average Bonchev–Trinajstić information content (AvgIpc) is 2.91. The number of benzene rings is 1. The van der Waals surface area contributed by atoms with Gasteiger partial charge in [0.05, 0.1) is 19.2 Å². The van der Waals surface area contributed by atoms with E-state index >= 15 is 0 Å². The van der Waals surface area contributed by atoms with Gasteiger partial charge in [0.1, 0.15) is 0 Å². The van der Waals surface area contributed by atoms with Gasteiger partial charge in [0, 0.05) is 6.04 Å². The molecular formula is C15H22ClNO2. The second-order valence-corrected chi connectivity index (χ2v) is 5.29. The topological polar surface area (TPSA) is 30.5 Å². The largest absolute Gasteiger partial charge is 0.493 e. The Balaban J connectivity index is 2.37. The van der Waals surface area contributed by atoms with Crippen molar-refractivity contribution in [3.05, 3.63) is 22.2 Å². The molecule has 1 saturated heterocycles. The molecule has 1 heterocycles. The van der Waals surface area contributed by atoms with Gasteiger partial charge < -0.3 is 14.8 Å². The van der Waals surface area contributed by atoms with Gasteiger partial charge in [-0.2, -0.15) is 0 Å². The maximum absolute atomic E-state index is 6.46. The van der Waals surface area contributed by atoms with E-state index in [2.05, 4.69) is 18.3 Å². The molecule has 0 saturated carbocycles. The van der Waals surface area contributed by atoms with Crippen LogP contribution < -0.4 is 14.8 Å². The maximum Gasteiger partial charge on any atom is 0.179 e. The minimum Gasteiger partial charge on any atom is -0.493 e. The van der Waals surface area contributed by atoms with E-state index in [1.54, 1.807) is 14.2 Å². The van der Waals surface area contributed by atoms with Crippen molar-refractivity contribution in [1.29, 1.82) is 0 Å². The average molecular weight is 284 g/mol. The summed E-state index contributed by atoms with van der Waals surface area (Å²) in [7, 11) is 3.28. The Morgan fingerprint density at radius 1 is 1.37 bits per heavy atom. The molecule has 1 fully saturated rings. The van der Waals surface area contributed by atoms with Gasteiger partial charge in [-0.3, -0.25) is 0 Å². The fraction of sp³-hybridized carbons (Fsp3) is 0.600. The third-order valence-corrected chi connectivity index (χ3v) is 4.19. The van der Waals surface area contributed by atoms with E-state index in [9.17, 15) is 0 Å². The van der Waals surface area contributed by atoms with Crippen LogP contribution in [0.3, 0.4) is 0 Å². The van der Waals surface area contributed by atoms with Gasteiger partial charge in [-0.05, 0) is 49.4 Å². The van der Waals surface area contributed by atoms with Crippen LogP contribution in [0, 0.1) is 0 Å². The molecule has 106 valence electrons. The zero-order chi connectivity index (χ0) is 13.8. The van der Waals surface area contributed by atoms with Gasteiger partial charge in [0.2, 0.25) is 0 Å². The van der Waals surface area contributed by atoms with Crippen LogP contribution >= 0.6 is 11.6 Å². The lowest BCUT2D eigenvalue weighted by Crippen LogP contribution is -2.24. The normalized spacial score (nSPS) is 18.6. The standard InChI is InChI=1S/C15H22ClNO2/c1-4-12-10(8-11-6-5-7-17-11)9-13(18-2)15(19-3)14(12)16/h9,11,17H,4-8H2,1-3H3. The van der Waals surface area contributed by atoms with Crippen LogP contribution in [0.2, 0.25) is 5.02 Å². The van der Waals surface area contributed by atoms with Gasteiger partial charge in [-0.15, -0.1) is 0 Å². The highest BCUT2D eigenvalue weighted by molar-refractivity contribution is 6.33. The highest BCUT2D eigenvalue weighted by Crippen LogP contribution is 2.40. The quantitative estimate of drug-likeness (QED) is 0.900. The Morgan fingerprint density at radius 2 is 2.16 bits per heavy atom. The molecule has 1 N–H and O–H groups in total. The Labute approximate surface area is 120 Å². The van der Waals surface area contributed by atoms with Gasteiger partial charge in [-0.1, -0.05) is 18.5 Å². The summed E-state index contributed by atoms with van der Waals surface area (Å²) in [5.74, 6) is 1.36. The van der Waals surface area contributed by atoms with E-state index in [4.69, 9.17) is 21.1 Å². The molecular weight excluding hydrogens is 262 g/mol. The first kappa shape index (κ1) is 14.5. The molecule has 1 aromatic rings. The lowest BCUT2D eigenvalue weighted by molar-refractivity contribution is 0.354. The Bertz CT molecular complexity index is 442. The molecule has 0 amide bonds. The summed E-state index contributed by atoms with van der Waals surface area (Å²) in [6.45, 7) is 3.24. The van der Waals surface area contributed by atoms with E-state index < -0.39 is 0 Å². The van der Waals surface area contributed by atoms with Crippen molar-refractivity contribution in [2.24, 2.45) is 0 Å². The number of halogens is 1. The molecule has 1 atom stereocenters. The SMILES string of the molecule is CCc1c(CC2CCCN2)cc(OC)c(OC)c1Cl. The van der Waals surface area contributed by atoms with Gasteiger partial charge in [0.25, 0.3) is 0 Å². The second kappa shape index (κ2) is 6.49. The maximum atomic E-state index is 6.46. The third-order valence-electron chi connectivity index (χ3n) is 3.79.